The normalized spacial score (nSPS) is 13.9. The maximum absolute atomic E-state index is 9.98. The van der Waals surface area contributed by atoms with Gasteiger partial charge in [0, 0.05) is 22.9 Å². The van der Waals surface area contributed by atoms with Crippen LogP contribution in [0.3, 0.4) is 0 Å². The second-order valence-electron chi connectivity index (χ2n) is 1.21. The average molecular weight is 122 g/mol. The van der Waals surface area contributed by atoms with Crippen molar-refractivity contribution in [3.05, 3.63) is 0 Å². The van der Waals surface area contributed by atoms with Crippen LogP contribution in [0.2, 0.25) is 0 Å². The van der Waals surface area contributed by atoms with Gasteiger partial charge in [-0.05, 0) is 7.05 Å². The predicted molar refractivity (Wildman–Crippen MR) is 31.1 cm³/mol. The summed E-state index contributed by atoms with van der Waals surface area (Å²) < 4.78 is 16.5. The van der Waals surface area contributed by atoms with Crippen molar-refractivity contribution in [2.45, 2.75) is 0 Å². The average Bonchev–Trinajstić information content (AvgIpc) is 1.61. The quantitative estimate of drug-likeness (QED) is 0.440. The maximum Gasteiger partial charge on any atom is 0.0414 e. The van der Waals surface area contributed by atoms with Crippen molar-refractivity contribution in [2.24, 2.45) is 0 Å². The standard InChI is InChI=1S/C3H10N2OS/c1-5-2-3-7(4)6/h4-5,7H,2-3H2,1H3. The fourth-order valence-corrected chi connectivity index (χ4v) is 0.640. The van der Waals surface area contributed by atoms with Gasteiger partial charge in [0.15, 0.2) is 0 Å². The smallest absolute Gasteiger partial charge is 0.0414 e. The van der Waals surface area contributed by atoms with E-state index in [1.165, 1.54) is 0 Å². The zero-order valence-corrected chi connectivity index (χ0v) is 5.16. The highest BCUT2D eigenvalue weighted by Crippen LogP contribution is 1.60. The molecule has 4 heteroatoms. The number of hydrogen-bond donors (Lipinski definition) is 3. The number of nitrogens with one attached hydrogen (secondary N) is 2. The summed E-state index contributed by atoms with van der Waals surface area (Å²) >= 11 is 0. The van der Waals surface area contributed by atoms with Crippen LogP contribution >= 0.6 is 0 Å². The number of rotatable bonds is 3. The summed E-state index contributed by atoms with van der Waals surface area (Å²) in [5.74, 6) is 0.464. The van der Waals surface area contributed by atoms with Gasteiger partial charge in [-0.3, -0.25) is 8.99 Å². The third-order valence-electron chi connectivity index (χ3n) is 0.565. The van der Waals surface area contributed by atoms with Gasteiger partial charge in [-0.1, -0.05) is 0 Å². The van der Waals surface area contributed by atoms with Gasteiger partial charge in [-0.2, -0.15) is 0 Å². The first kappa shape index (κ1) is 6.91. The van der Waals surface area contributed by atoms with Crippen LogP contribution in [0.5, 0.6) is 0 Å². The molecule has 0 aliphatic heterocycles. The first-order chi connectivity index (χ1) is 3.27. The lowest BCUT2D eigenvalue weighted by Crippen LogP contribution is -2.11. The molecule has 0 fully saturated rings. The Labute approximate surface area is 45.1 Å². The third-order valence-corrected chi connectivity index (χ3v) is 1.19. The van der Waals surface area contributed by atoms with Crippen molar-refractivity contribution in [1.29, 1.82) is 4.78 Å². The number of thiol groups is 1. The minimum Gasteiger partial charge on any atom is -0.319 e. The Balaban J connectivity index is 2.98. The molecule has 1 atom stereocenters. The molecule has 0 radical (unpaired) electrons. The molecule has 0 amide bonds. The van der Waals surface area contributed by atoms with Crippen LogP contribution in [0, 0.1) is 4.78 Å². The van der Waals surface area contributed by atoms with Crippen LogP contribution in [0.25, 0.3) is 0 Å². The van der Waals surface area contributed by atoms with Crippen LogP contribution < -0.4 is 5.32 Å². The van der Waals surface area contributed by atoms with E-state index < -0.39 is 10.6 Å². The Morgan fingerprint density at radius 2 is 2.43 bits per heavy atom. The predicted octanol–water partition coefficient (Wildman–Crippen LogP) is -0.551. The van der Waals surface area contributed by atoms with Crippen LogP contribution in [-0.4, -0.2) is 23.6 Å². The van der Waals surface area contributed by atoms with Gasteiger partial charge in [0.05, 0.1) is 0 Å². The Morgan fingerprint density at radius 3 is 2.57 bits per heavy atom. The summed E-state index contributed by atoms with van der Waals surface area (Å²) in [6.07, 6.45) is 0. The van der Waals surface area contributed by atoms with Crippen molar-refractivity contribution in [1.82, 2.24) is 5.32 Å². The van der Waals surface area contributed by atoms with E-state index >= 15 is 0 Å². The second-order valence-corrected chi connectivity index (χ2v) is 2.41. The second kappa shape index (κ2) is 4.08. The SMILES string of the molecule is CNCC[SH](=N)=O. The minimum absolute atomic E-state index is 0.464. The van der Waals surface area contributed by atoms with Gasteiger partial charge >= 0.3 is 0 Å². The maximum atomic E-state index is 9.98. The Kier molecular flexibility index (Phi) is 4.03. The molecular formula is C3H10N2OS. The molecule has 44 valence electrons. The molecule has 0 bridgehead atoms. The summed E-state index contributed by atoms with van der Waals surface area (Å²) in [7, 11) is 0.108. The zero-order chi connectivity index (χ0) is 5.70. The Hall–Kier alpha value is -0.0900. The molecule has 0 aromatic heterocycles. The van der Waals surface area contributed by atoms with Gasteiger partial charge in [-0.15, -0.1) is 0 Å². The molecule has 0 rings (SSSR count). The molecule has 1 unspecified atom stereocenters. The van der Waals surface area contributed by atoms with Crippen molar-refractivity contribution in [3.63, 3.8) is 0 Å². The fourth-order valence-electron chi connectivity index (χ4n) is 0.213. The first-order valence-corrected chi connectivity index (χ1v) is 3.52. The molecule has 0 aromatic carbocycles. The minimum atomic E-state index is -1.67. The molecule has 2 N–H and O–H groups in total. The van der Waals surface area contributed by atoms with Gasteiger partial charge < -0.3 is 5.32 Å². The van der Waals surface area contributed by atoms with Crippen molar-refractivity contribution >= 4 is 10.6 Å². The van der Waals surface area contributed by atoms with Crippen LogP contribution in [-0.2, 0) is 10.6 Å². The third kappa shape index (κ3) is 5.91. The molecule has 0 spiro atoms. The molecule has 0 saturated heterocycles. The molecule has 0 aromatic rings. The Bertz CT molecular complexity index is 91.1. The fraction of sp³-hybridized carbons (Fsp3) is 1.00. The summed E-state index contributed by atoms with van der Waals surface area (Å²) in [4.78, 5) is 0. The van der Waals surface area contributed by atoms with E-state index in [1.807, 2.05) is 0 Å². The Morgan fingerprint density at radius 1 is 1.86 bits per heavy atom. The molecule has 0 saturated carbocycles. The summed E-state index contributed by atoms with van der Waals surface area (Å²) in [5.41, 5.74) is 0. The molecule has 0 aliphatic rings. The lowest BCUT2D eigenvalue weighted by atomic mass is 10.8. The summed E-state index contributed by atoms with van der Waals surface area (Å²) in [6, 6.07) is 0. The highest BCUT2D eigenvalue weighted by molar-refractivity contribution is 7.73. The topological polar surface area (TPSA) is 53.0 Å². The van der Waals surface area contributed by atoms with E-state index in [1.54, 1.807) is 7.05 Å². The van der Waals surface area contributed by atoms with Crippen molar-refractivity contribution < 1.29 is 4.21 Å². The zero-order valence-electron chi connectivity index (χ0n) is 4.27. The van der Waals surface area contributed by atoms with Crippen LogP contribution in [0.15, 0.2) is 0 Å². The monoisotopic (exact) mass is 122 g/mol. The van der Waals surface area contributed by atoms with E-state index in [2.05, 4.69) is 5.32 Å². The lowest BCUT2D eigenvalue weighted by Gasteiger charge is -1.87. The summed E-state index contributed by atoms with van der Waals surface area (Å²) in [6.45, 7) is 0.679. The summed E-state index contributed by atoms with van der Waals surface area (Å²) in [5, 5.41) is 2.80. The van der Waals surface area contributed by atoms with Gasteiger partial charge in [-0.25, -0.2) is 0 Å². The van der Waals surface area contributed by atoms with E-state index in [0.29, 0.717) is 12.3 Å². The van der Waals surface area contributed by atoms with E-state index in [-0.39, 0.29) is 0 Å². The molecular weight excluding hydrogens is 112 g/mol. The highest BCUT2D eigenvalue weighted by atomic mass is 32.2. The number of hydrogen-bond acceptors (Lipinski definition) is 3. The van der Waals surface area contributed by atoms with Crippen LogP contribution in [0.1, 0.15) is 0 Å². The molecule has 0 aliphatic carbocycles. The lowest BCUT2D eigenvalue weighted by molar-refractivity contribution is 0.684. The van der Waals surface area contributed by atoms with Crippen molar-refractivity contribution in [2.75, 3.05) is 19.3 Å². The van der Waals surface area contributed by atoms with Crippen molar-refractivity contribution in [3.8, 4) is 0 Å². The van der Waals surface area contributed by atoms with E-state index in [4.69, 9.17) is 4.78 Å². The largest absolute Gasteiger partial charge is 0.319 e. The molecule has 7 heavy (non-hydrogen) atoms. The van der Waals surface area contributed by atoms with E-state index in [9.17, 15) is 4.21 Å². The van der Waals surface area contributed by atoms with Gasteiger partial charge in [0.25, 0.3) is 0 Å². The van der Waals surface area contributed by atoms with Crippen LogP contribution in [0.4, 0.5) is 0 Å². The molecule has 0 heterocycles. The van der Waals surface area contributed by atoms with Gasteiger partial charge in [0.1, 0.15) is 0 Å². The van der Waals surface area contributed by atoms with Gasteiger partial charge in [0.2, 0.25) is 0 Å². The molecule has 3 nitrogen and oxygen atoms in total. The van der Waals surface area contributed by atoms with E-state index in [0.717, 1.165) is 0 Å². The highest BCUT2D eigenvalue weighted by Gasteiger charge is 1.77. The first-order valence-electron chi connectivity index (χ1n) is 2.08.